The fraction of sp³-hybridized carbons (Fsp3) is 0.714. The van der Waals surface area contributed by atoms with Crippen LogP contribution in [0.3, 0.4) is 0 Å². The quantitative estimate of drug-likeness (QED) is 0.518. The second kappa shape index (κ2) is 2.92. The van der Waals surface area contributed by atoms with Crippen LogP contribution in [-0.4, -0.2) is 24.7 Å². The van der Waals surface area contributed by atoms with Gasteiger partial charge in [0.25, 0.3) is 0 Å². The van der Waals surface area contributed by atoms with Gasteiger partial charge in [0, 0.05) is 18.9 Å². The molecule has 3 heteroatoms. The van der Waals surface area contributed by atoms with Crippen LogP contribution in [0.5, 0.6) is 0 Å². The third-order valence-corrected chi connectivity index (χ3v) is 1.75. The van der Waals surface area contributed by atoms with Crippen molar-refractivity contribution in [2.75, 3.05) is 7.05 Å². The Labute approximate surface area is 59.8 Å². The van der Waals surface area contributed by atoms with E-state index in [1.807, 2.05) is 0 Å². The Balaban J connectivity index is 2.50. The van der Waals surface area contributed by atoms with Gasteiger partial charge in [0.05, 0.1) is 6.42 Å². The monoisotopic (exact) mass is 141 g/mol. The van der Waals surface area contributed by atoms with Crippen molar-refractivity contribution in [3.05, 3.63) is 0 Å². The smallest absolute Gasteiger partial charge is 0.141 e. The van der Waals surface area contributed by atoms with Crippen molar-refractivity contribution in [2.24, 2.45) is 0 Å². The minimum Gasteiger partial charge on any atom is -0.316 e. The van der Waals surface area contributed by atoms with E-state index in [4.69, 9.17) is 0 Å². The van der Waals surface area contributed by atoms with Gasteiger partial charge in [-0.25, -0.2) is 0 Å². The Morgan fingerprint density at radius 2 is 1.80 bits per heavy atom. The van der Waals surface area contributed by atoms with Gasteiger partial charge < -0.3 is 5.32 Å². The van der Waals surface area contributed by atoms with E-state index >= 15 is 0 Å². The van der Waals surface area contributed by atoms with E-state index in [2.05, 4.69) is 5.32 Å². The lowest BCUT2D eigenvalue weighted by molar-refractivity contribution is -0.130. The summed E-state index contributed by atoms with van der Waals surface area (Å²) < 4.78 is 0. The van der Waals surface area contributed by atoms with Crippen LogP contribution in [0, 0.1) is 0 Å². The maximum atomic E-state index is 10.8. The molecule has 1 rings (SSSR count). The second-order valence-corrected chi connectivity index (χ2v) is 2.65. The average Bonchev–Trinajstić information content (AvgIpc) is 1.85. The second-order valence-electron chi connectivity index (χ2n) is 2.65. The number of nitrogens with one attached hydrogen (secondary N) is 1. The Bertz CT molecular complexity index is 149. The number of rotatable bonds is 1. The van der Waals surface area contributed by atoms with Gasteiger partial charge in [-0.15, -0.1) is 0 Å². The van der Waals surface area contributed by atoms with Crippen molar-refractivity contribution in [2.45, 2.75) is 25.3 Å². The van der Waals surface area contributed by atoms with Crippen molar-refractivity contribution < 1.29 is 9.59 Å². The van der Waals surface area contributed by atoms with E-state index in [1.54, 1.807) is 7.05 Å². The van der Waals surface area contributed by atoms with Gasteiger partial charge in [-0.05, 0) is 7.05 Å². The van der Waals surface area contributed by atoms with Gasteiger partial charge in [0.1, 0.15) is 11.6 Å². The molecular formula is C7H11NO2. The molecule has 0 atom stereocenters. The topological polar surface area (TPSA) is 46.2 Å². The Kier molecular flexibility index (Phi) is 2.17. The molecule has 10 heavy (non-hydrogen) atoms. The van der Waals surface area contributed by atoms with Crippen molar-refractivity contribution in [3.63, 3.8) is 0 Å². The molecule has 56 valence electrons. The highest BCUT2D eigenvalue weighted by Gasteiger charge is 2.23. The van der Waals surface area contributed by atoms with Gasteiger partial charge in [-0.1, -0.05) is 0 Å². The van der Waals surface area contributed by atoms with Crippen LogP contribution >= 0.6 is 0 Å². The van der Waals surface area contributed by atoms with Gasteiger partial charge in [0.15, 0.2) is 0 Å². The van der Waals surface area contributed by atoms with Crippen molar-refractivity contribution >= 4 is 11.6 Å². The molecule has 0 bridgehead atoms. The Morgan fingerprint density at radius 1 is 1.30 bits per heavy atom. The standard InChI is InChI=1S/C7H11NO2/c1-8-5-2-6(9)4-7(10)3-5/h5,8H,2-4H2,1H3. The maximum Gasteiger partial charge on any atom is 0.141 e. The highest BCUT2D eigenvalue weighted by atomic mass is 16.1. The molecule has 1 N–H and O–H groups in total. The molecule has 0 spiro atoms. The molecule has 0 aromatic carbocycles. The first kappa shape index (κ1) is 7.41. The molecule has 0 heterocycles. The minimum atomic E-state index is 0.0654. The van der Waals surface area contributed by atoms with Crippen molar-refractivity contribution in [3.8, 4) is 0 Å². The Morgan fingerprint density at radius 3 is 2.20 bits per heavy atom. The predicted octanol–water partition coefficient (Wildman–Crippen LogP) is -0.104. The molecule has 1 fully saturated rings. The summed E-state index contributed by atoms with van der Waals surface area (Å²) >= 11 is 0. The van der Waals surface area contributed by atoms with E-state index in [0.717, 1.165) is 0 Å². The third kappa shape index (κ3) is 1.64. The van der Waals surface area contributed by atoms with E-state index in [-0.39, 0.29) is 24.0 Å². The molecule has 1 aliphatic carbocycles. The van der Waals surface area contributed by atoms with Gasteiger partial charge in [-0.2, -0.15) is 0 Å². The molecule has 0 amide bonds. The van der Waals surface area contributed by atoms with E-state index in [0.29, 0.717) is 12.8 Å². The summed E-state index contributed by atoms with van der Waals surface area (Å²) in [6.07, 6.45) is 1.18. The zero-order valence-electron chi connectivity index (χ0n) is 6.02. The summed E-state index contributed by atoms with van der Waals surface area (Å²) in [6.45, 7) is 0. The SMILES string of the molecule is CNC1CC(=O)CC(=O)C1. The first-order valence-electron chi connectivity index (χ1n) is 3.43. The van der Waals surface area contributed by atoms with E-state index in [9.17, 15) is 9.59 Å². The van der Waals surface area contributed by atoms with Crippen LogP contribution in [-0.2, 0) is 9.59 Å². The van der Waals surface area contributed by atoms with Crippen LogP contribution in [0.15, 0.2) is 0 Å². The number of carbonyl (C=O) groups excluding carboxylic acids is 2. The summed E-state index contributed by atoms with van der Waals surface area (Å²) in [5, 5.41) is 2.92. The lowest BCUT2D eigenvalue weighted by Gasteiger charge is -2.18. The lowest BCUT2D eigenvalue weighted by Crippen LogP contribution is -2.35. The number of hydrogen-bond donors (Lipinski definition) is 1. The Hall–Kier alpha value is -0.700. The predicted molar refractivity (Wildman–Crippen MR) is 36.7 cm³/mol. The molecule has 0 unspecified atom stereocenters. The molecule has 0 radical (unpaired) electrons. The van der Waals surface area contributed by atoms with Crippen molar-refractivity contribution in [1.82, 2.24) is 5.32 Å². The minimum absolute atomic E-state index is 0.0654. The largest absolute Gasteiger partial charge is 0.316 e. The first-order chi connectivity index (χ1) is 4.72. The summed E-state index contributed by atoms with van der Waals surface area (Å²) in [4.78, 5) is 21.6. The molecule has 1 saturated carbocycles. The zero-order valence-corrected chi connectivity index (χ0v) is 6.02. The molecule has 0 aromatic heterocycles. The highest BCUT2D eigenvalue weighted by molar-refractivity contribution is 6.01. The number of ketones is 2. The van der Waals surface area contributed by atoms with Gasteiger partial charge in [-0.3, -0.25) is 9.59 Å². The number of carbonyl (C=O) groups is 2. The lowest BCUT2D eigenvalue weighted by atomic mass is 9.93. The molecule has 0 aliphatic heterocycles. The van der Waals surface area contributed by atoms with Gasteiger partial charge in [0.2, 0.25) is 0 Å². The van der Waals surface area contributed by atoms with Crippen molar-refractivity contribution in [1.29, 1.82) is 0 Å². The summed E-state index contributed by atoms with van der Waals surface area (Å²) in [5.41, 5.74) is 0. The maximum absolute atomic E-state index is 10.8. The molecule has 3 nitrogen and oxygen atoms in total. The first-order valence-corrected chi connectivity index (χ1v) is 3.43. The summed E-state index contributed by atoms with van der Waals surface area (Å²) in [5.74, 6) is 0.131. The average molecular weight is 141 g/mol. The molecule has 0 saturated heterocycles. The van der Waals surface area contributed by atoms with E-state index in [1.165, 1.54) is 0 Å². The summed E-state index contributed by atoms with van der Waals surface area (Å²) in [6, 6.07) is 0.0914. The number of hydrogen-bond acceptors (Lipinski definition) is 3. The molecule has 1 aliphatic rings. The third-order valence-electron chi connectivity index (χ3n) is 1.75. The fourth-order valence-electron chi connectivity index (χ4n) is 1.19. The fourth-order valence-corrected chi connectivity index (χ4v) is 1.19. The van der Waals surface area contributed by atoms with Crippen LogP contribution in [0.1, 0.15) is 19.3 Å². The highest BCUT2D eigenvalue weighted by Crippen LogP contribution is 2.10. The van der Waals surface area contributed by atoms with Crippen LogP contribution < -0.4 is 5.32 Å². The van der Waals surface area contributed by atoms with Gasteiger partial charge >= 0.3 is 0 Å². The molecular weight excluding hydrogens is 130 g/mol. The zero-order chi connectivity index (χ0) is 7.56. The van der Waals surface area contributed by atoms with Crippen LogP contribution in [0.4, 0.5) is 0 Å². The van der Waals surface area contributed by atoms with E-state index < -0.39 is 0 Å². The summed E-state index contributed by atoms with van der Waals surface area (Å²) in [7, 11) is 1.77. The van der Waals surface area contributed by atoms with Crippen LogP contribution in [0.25, 0.3) is 0 Å². The molecule has 0 aromatic rings. The normalized spacial score (nSPS) is 21.7. The number of Topliss-reactive ketones (excluding diaryl/α,β-unsaturated/α-hetero) is 2. The van der Waals surface area contributed by atoms with Crippen LogP contribution in [0.2, 0.25) is 0 Å².